The third-order valence-electron chi connectivity index (χ3n) is 7.49. The Morgan fingerprint density at radius 2 is 1.90 bits per heavy atom. The van der Waals surface area contributed by atoms with Gasteiger partial charge in [0.25, 0.3) is 0 Å². The van der Waals surface area contributed by atoms with Gasteiger partial charge in [-0.05, 0) is 42.9 Å². The highest BCUT2D eigenvalue weighted by molar-refractivity contribution is 5.91. The van der Waals surface area contributed by atoms with Crippen LogP contribution in [-0.2, 0) is 23.1 Å². The fraction of sp³-hybridized carbons (Fsp3) is 0.393. The Morgan fingerprint density at radius 3 is 2.55 bits per heavy atom. The first-order valence-corrected chi connectivity index (χ1v) is 13.2. The van der Waals surface area contributed by atoms with Crippen LogP contribution in [0.5, 0.6) is 11.8 Å². The highest BCUT2D eigenvalue weighted by Crippen LogP contribution is 2.59. The lowest BCUT2D eigenvalue weighted by molar-refractivity contribution is -0.165. The van der Waals surface area contributed by atoms with Crippen molar-refractivity contribution in [1.82, 2.24) is 24.9 Å². The standard InChI is InChI=1S/C28H26F4N6O4/c1-40-25-17(14-38(36-25)18-5-6-18)10-22-33-13-19(26(35-22)41-2)15-3-4-16(20(29)9-15)11-24(39)34-23-12-21(42-37-23)27(7-8-27)28(30,31)32/h3-4,9,12-14,18H,5-8,10-11H2,1-2H3,(H,34,37,39). The molecule has 0 bridgehead atoms. The minimum absolute atomic E-state index is 0.0743. The molecule has 6 rings (SSSR count). The number of alkyl halides is 3. The van der Waals surface area contributed by atoms with Crippen LogP contribution in [0.2, 0.25) is 0 Å². The van der Waals surface area contributed by atoms with Crippen molar-refractivity contribution in [3.05, 3.63) is 65.2 Å². The number of hydrogen-bond donors (Lipinski definition) is 1. The predicted molar refractivity (Wildman–Crippen MR) is 140 cm³/mol. The molecular weight excluding hydrogens is 560 g/mol. The van der Waals surface area contributed by atoms with Gasteiger partial charge in [-0.25, -0.2) is 9.37 Å². The molecule has 1 N–H and O–H groups in total. The van der Waals surface area contributed by atoms with E-state index in [0.29, 0.717) is 35.3 Å². The van der Waals surface area contributed by atoms with Gasteiger partial charge in [0.2, 0.25) is 17.7 Å². The number of methoxy groups -OCH3 is 2. The summed E-state index contributed by atoms with van der Waals surface area (Å²) in [7, 11) is 3.01. The van der Waals surface area contributed by atoms with E-state index in [9.17, 15) is 18.0 Å². The lowest BCUT2D eigenvalue weighted by Gasteiger charge is -2.14. The molecule has 2 aliphatic rings. The largest absolute Gasteiger partial charge is 0.480 e. The normalized spacial score (nSPS) is 15.9. The number of hydrogen-bond acceptors (Lipinski definition) is 8. The number of anilines is 1. The molecule has 2 saturated carbocycles. The maximum Gasteiger partial charge on any atom is 0.401 e. The summed E-state index contributed by atoms with van der Waals surface area (Å²) in [6, 6.07) is 5.72. The zero-order chi connectivity index (χ0) is 29.6. The smallest absolute Gasteiger partial charge is 0.401 e. The van der Waals surface area contributed by atoms with E-state index in [0.717, 1.165) is 24.5 Å². The van der Waals surface area contributed by atoms with Crippen LogP contribution in [-0.4, -0.2) is 51.2 Å². The van der Waals surface area contributed by atoms with Crippen molar-refractivity contribution in [2.24, 2.45) is 0 Å². The van der Waals surface area contributed by atoms with Crippen LogP contribution in [0.25, 0.3) is 11.1 Å². The molecule has 3 heterocycles. The molecule has 3 aromatic heterocycles. The van der Waals surface area contributed by atoms with Gasteiger partial charge in [-0.3, -0.25) is 9.48 Å². The Bertz CT molecular complexity index is 1640. The van der Waals surface area contributed by atoms with E-state index < -0.39 is 23.3 Å². The first kappa shape index (κ1) is 27.7. The van der Waals surface area contributed by atoms with Crippen LogP contribution in [0, 0.1) is 5.82 Å². The lowest BCUT2D eigenvalue weighted by Crippen LogP contribution is -2.28. The minimum Gasteiger partial charge on any atom is -0.480 e. The van der Waals surface area contributed by atoms with Gasteiger partial charge < -0.3 is 19.3 Å². The maximum absolute atomic E-state index is 15.0. The lowest BCUT2D eigenvalue weighted by atomic mass is 10.0. The highest BCUT2D eigenvalue weighted by Gasteiger charge is 2.66. The van der Waals surface area contributed by atoms with E-state index in [4.69, 9.17) is 14.0 Å². The molecule has 0 radical (unpaired) electrons. The second-order valence-corrected chi connectivity index (χ2v) is 10.4. The summed E-state index contributed by atoms with van der Waals surface area (Å²) in [5.74, 6) is -0.626. The van der Waals surface area contributed by atoms with Gasteiger partial charge in [0.15, 0.2) is 11.6 Å². The molecule has 0 saturated heterocycles. The van der Waals surface area contributed by atoms with Crippen molar-refractivity contribution in [3.63, 3.8) is 0 Å². The van der Waals surface area contributed by atoms with Crippen LogP contribution in [0.3, 0.4) is 0 Å². The highest BCUT2D eigenvalue weighted by atomic mass is 19.4. The molecule has 10 nitrogen and oxygen atoms in total. The van der Waals surface area contributed by atoms with Gasteiger partial charge in [-0.2, -0.15) is 18.2 Å². The summed E-state index contributed by atoms with van der Waals surface area (Å²) in [6.07, 6.45) is 0.941. The third-order valence-corrected chi connectivity index (χ3v) is 7.49. The zero-order valence-electron chi connectivity index (χ0n) is 22.7. The molecule has 4 aromatic rings. The van der Waals surface area contributed by atoms with Crippen LogP contribution in [0.4, 0.5) is 23.4 Å². The Hall–Kier alpha value is -4.49. The number of carbonyl (C=O) groups is 1. The van der Waals surface area contributed by atoms with Crippen molar-refractivity contribution in [2.45, 2.75) is 56.2 Å². The van der Waals surface area contributed by atoms with Gasteiger partial charge in [-0.1, -0.05) is 17.3 Å². The van der Waals surface area contributed by atoms with E-state index in [1.807, 2.05) is 10.9 Å². The fourth-order valence-electron chi connectivity index (χ4n) is 4.81. The fourth-order valence-corrected chi connectivity index (χ4v) is 4.81. The van der Waals surface area contributed by atoms with Crippen LogP contribution in [0.1, 0.15) is 54.4 Å². The second-order valence-electron chi connectivity index (χ2n) is 10.4. The quantitative estimate of drug-likeness (QED) is 0.253. The molecule has 220 valence electrons. The van der Waals surface area contributed by atoms with Gasteiger partial charge in [0, 0.05) is 30.4 Å². The topological polar surface area (TPSA) is 117 Å². The monoisotopic (exact) mass is 586 g/mol. The van der Waals surface area contributed by atoms with Gasteiger partial charge >= 0.3 is 6.18 Å². The molecule has 0 spiro atoms. The molecule has 14 heteroatoms. The van der Waals surface area contributed by atoms with E-state index >= 15 is 4.39 Å². The summed E-state index contributed by atoms with van der Waals surface area (Å²) in [5, 5.41) is 10.4. The van der Waals surface area contributed by atoms with E-state index in [1.54, 1.807) is 13.2 Å². The summed E-state index contributed by atoms with van der Waals surface area (Å²) in [6.45, 7) is 0. The van der Waals surface area contributed by atoms with Crippen molar-refractivity contribution in [1.29, 1.82) is 0 Å². The SMILES string of the molecule is COc1nn(C2CC2)cc1Cc1ncc(-c2ccc(CC(=O)Nc3cc(C4(C(F)(F)F)CC4)on3)c(F)c2)c(OC)n1. The zero-order valence-corrected chi connectivity index (χ0v) is 22.7. The number of benzene rings is 1. The maximum atomic E-state index is 15.0. The van der Waals surface area contributed by atoms with Crippen LogP contribution >= 0.6 is 0 Å². The summed E-state index contributed by atoms with van der Waals surface area (Å²) in [4.78, 5) is 21.4. The number of nitrogens with zero attached hydrogens (tertiary/aromatic N) is 5. The molecule has 42 heavy (non-hydrogen) atoms. The van der Waals surface area contributed by atoms with E-state index in [1.165, 1.54) is 25.4 Å². The molecule has 0 atom stereocenters. The second kappa shape index (κ2) is 10.4. The predicted octanol–water partition coefficient (Wildman–Crippen LogP) is 5.19. The van der Waals surface area contributed by atoms with Crippen LogP contribution < -0.4 is 14.8 Å². The molecule has 2 aliphatic carbocycles. The Kier molecular flexibility index (Phi) is 6.86. The average Bonchev–Trinajstić information content (AvgIpc) is 3.88. The van der Waals surface area contributed by atoms with Crippen LogP contribution in [0.15, 0.2) is 41.2 Å². The van der Waals surface area contributed by atoms with Gasteiger partial charge in [0.1, 0.15) is 17.1 Å². The van der Waals surface area contributed by atoms with Crippen molar-refractivity contribution >= 4 is 11.7 Å². The number of amides is 1. The first-order chi connectivity index (χ1) is 20.1. The molecule has 1 amide bonds. The minimum atomic E-state index is -4.47. The first-order valence-electron chi connectivity index (χ1n) is 13.2. The molecule has 0 unspecified atom stereocenters. The average molecular weight is 587 g/mol. The number of rotatable bonds is 10. The summed E-state index contributed by atoms with van der Waals surface area (Å²) >= 11 is 0. The molecule has 1 aromatic carbocycles. The number of nitrogens with one attached hydrogen (secondary N) is 1. The van der Waals surface area contributed by atoms with Crippen molar-refractivity contribution in [2.75, 3.05) is 19.5 Å². The van der Waals surface area contributed by atoms with E-state index in [-0.39, 0.29) is 42.3 Å². The van der Waals surface area contributed by atoms with Gasteiger partial charge in [-0.15, -0.1) is 5.10 Å². The summed E-state index contributed by atoms with van der Waals surface area (Å²) in [5.41, 5.74) is -0.264. The Labute approximate surface area is 237 Å². The number of aromatic nitrogens is 5. The Morgan fingerprint density at radius 1 is 1.14 bits per heavy atom. The molecule has 0 aliphatic heterocycles. The molecule has 2 fully saturated rings. The van der Waals surface area contributed by atoms with Gasteiger partial charge in [0.05, 0.1) is 32.2 Å². The molecular formula is C28H26F4N6O4. The number of halogens is 4. The third kappa shape index (κ3) is 5.28. The Balaban J connectivity index is 1.13. The van der Waals surface area contributed by atoms with E-state index in [2.05, 4.69) is 25.5 Å². The number of carbonyl (C=O) groups excluding carboxylic acids is 1. The van der Waals surface area contributed by atoms with Crippen molar-refractivity contribution < 1.29 is 36.4 Å². The van der Waals surface area contributed by atoms with Crippen molar-refractivity contribution in [3.8, 4) is 22.9 Å². The number of ether oxygens (including phenoxy) is 2. The summed E-state index contributed by atoms with van der Waals surface area (Å²) < 4.78 is 72.6.